The SMILES string of the molecule is CCCC[C@@H]1CCC=[N+]1C(=O)OCc1ccccc1. The normalized spacial score (nSPS) is 18.2. The van der Waals surface area contributed by atoms with E-state index in [-0.39, 0.29) is 6.09 Å². The smallest absolute Gasteiger partial charge is 0.407 e. The van der Waals surface area contributed by atoms with E-state index in [0.717, 1.165) is 24.8 Å². The molecule has 1 aromatic rings. The molecule has 0 spiro atoms. The Labute approximate surface area is 114 Å². The Hall–Kier alpha value is -1.64. The molecule has 2 rings (SSSR count). The minimum atomic E-state index is -0.206. The lowest BCUT2D eigenvalue weighted by molar-refractivity contribution is -0.477. The van der Waals surface area contributed by atoms with Crippen LogP contribution in [0, 0.1) is 0 Å². The second kappa shape index (κ2) is 7.07. The molecule has 3 nitrogen and oxygen atoms in total. The Morgan fingerprint density at radius 1 is 1.37 bits per heavy atom. The van der Waals surface area contributed by atoms with Gasteiger partial charge in [-0.25, -0.2) is 0 Å². The molecule has 0 aliphatic carbocycles. The van der Waals surface area contributed by atoms with Gasteiger partial charge in [-0.1, -0.05) is 43.7 Å². The first-order valence-electron chi connectivity index (χ1n) is 7.13. The Balaban J connectivity index is 1.85. The minimum Gasteiger partial charge on any atom is -0.407 e. The van der Waals surface area contributed by atoms with Crippen molar-refractivity contribution in [1.82, 2.24) is 0 Å². The van der Waals surface area contributed by atoms with E-state index in [0.29, 0.717) is 12.6 Å². The number of carbonyl (C=O) groups excluding carboxylic acids is 1. The van der Waals surface area contributed by atoms with Gasteiger partial charge < -0.3 is 4.74 Å². The van der Waals surface area contributed by atoms with E-state index in [9.17, 15) is 4.79 Å². The van der Waals surface area contributed by atoms with Gasteiger partial charge >= 0.3 is 6.09 Å². The van der Waals surface area contributed by atoms with E-state index >= 15 is 0 Å². The number of benzene rings is 1. The van der Waals surface area contributed by atoms with Gasteiger partial charge in [-0.3, -0.25) is 0 Å². The van der Waals surface area contributed by atoms with Crippen molar-refractivity contribution in [2.75, 3.05) is 0 Å². The monoisotopic (exact) mass is 260 g/mol. The number of amides is 1. The van der Waals surface area contributed by atoms with Crippen LogP contribution in [-0.2, 0) is 11.3 Å². The highest BCUT2D eigenvalue weighted by Crippen LogP contribution is 2.16. The third-order valence-electron chi connectivity index (χ3n) is 3.53. The Kier molecular flexibility index (Phi) is 5.13. The number of carbonyl (C=O) groups is 1. The van der Waals surface area contributed by atoms with E-state index in [1.54, 1.807) is 4.58 Å². The second-order valence-electron chi connectivity index (χ2n) is 5.00. The van der Waals surface area contributed by atoms with E-state index in [2.05, 4.69) is 6.92 Å². The van der Waals surface area contributed by atoms with Crippen LogP contribution >= 0.6 is 0 Å². The third kappa shape index (κ3) is 3.91. The van der Waals surface area contributed by atoms with Crippen LogP contribution in [0.5, 0.6) is 0 Å². The quantitative estimate of drug-likeness (QED) is 0.754. The molecular weight excluding hydrogens is 238 g/mol. The summed E-state index contributed by atoms with van der Waals surface area (Å²) in [6, 6.07) is 10.1. The van der Waals surface area contributed by atoms with E-state index in [4.69, 9.17) is 4.74 Å². The van der Waals surface area contributed by atoms with Crippen molar-refractivity contribution in [2.24, 2.45) is 0 Å². The van der Waals surface area contributed by atoms with Crippen molar-refractivity contribution in [3.05, 3.63) is 35.9 Å². The fourth-order valence-electron chi connectivity index (χ4n) is 2.43. The largest absolute Gasteiger partial charge is 0.596 e. The van der Waals surface area contributed by atoms with Gasteiger partial charge in [-0.15, -0.1) is 4.58 Å². The summed E-state index contributed by atoms with van der Waals surface area (Å²) in [4.78, 5) is 12.1. The highest BCUT2D eigenvalue weighted by Gasteiger charge is 2.33. The Morgan fingerprint density at radius 3 is 2.89 bits per heavy atom. The van der Waals surface area contributed by atoms with Crippen LogP contribution < -0.4 is 0 Å². The number of rotatable bonds is 5. The summed E-state index contributed by atoms with van der Waals surface area (Å²) < 4.78 is 7.17. The molecule has 1 aromatic carbocycles. The third-order valence-corrected chi connectivity index (χ3v) is 3.53. The van der Waals surface area contributed by atoms with Gasteiger partial charge in [0.25, 0.3) is 0 Å². The average molecular weight is 260 g/mol. The van der Waals surface area contributed by atoms with Gasteiger partial charge in [0, 0.05) is 19.3 Å². The first-order chi connectivity index (χ1) is 9.31. The topological polar surface area (TPSA) is 29.3 Å². The molecule has 1 aliphatic rings. The minimum absolute atomic E-state index is 0.206. The second-order valence-corrected chi connectivity index (χ2v) is 5.00. The molecule has 0 aromatic heterocycles. The highest BCUT2D eigenvalue weighted by molar-refractivity contribution is 5.67. The van der Waals surface area contributed by atoms with Crippen LogP contribution in [0.15, 0.2) is 30.3 Å². The fraction of sp³-hybridized carbons (Fsp3) is 0.500. The number of hydrogen-bond acceptors (Lipinski definition) is 2. The molecule has 1 aliphatic heterocycles. The van der Waals surface area contributed by atoms with Crippen molar-refractivity contribution in [3.8, 4) is 0 Å². The van der Waals surface area contributed by atoms with Gasteiger partial charge in [0.05, 0.1) is 0 Å². The molecule has 0 saturated carbocycles. The number of unbranched alkanes of at least 4 members (excludes halogenated alkanes) is 1. The van der Waals surface area contributed by atoms with Gasteiger partial charge in [-0.2, -0.15) is 4.79 Å². The van der Waals surface area contributed by atoms with Crippen LogP contribution in [0.4, 0.5) is 4.79 Å². The molecule has 3 heteroatoms. The van der Waals surface area contributed by atoms with Crippen molar-refractivity contribution in [1.29, 1.82) is 0 Å². The van der Waals surface area contributed by atoms with Crippen LogP contribution in [-0.4, -0.2) is 22.9 Å². The molecule has 0 N–H and O–H groups in total. The first-order valence-corrected chi connectivity index (χ1v) is 7.13. The summed E-state index contributed by atoms with van der Waals surface area (Å²) in [6.45, 7) is 2.53. The van der Waals surface area contributed by atoms with E-state index in [1.165, 1.54) is 12.8 Å². The molecule has 0 saturated heterocycles. The van der Waals surface area contributed by atoms with Gasteiger partial charge in [0.1, 0.15) is 6.61 Å². The van der Waals surface area contributed by atoms with Crippen LogP contribution in [0.3, 0.4) is 0 Å². The van der Waals surface area contributed by atoms with Gasteiger partial charge in [0.15, 0.2) is 12.3 Å². The number of hydrogen-bond donors (Lipinski definition) is 0. The summed E-state index contributed by atoms with van der Waals surface area (Å²) in [5.74, 6) is 0. The molecule has 19 heavy (non-hydrogen) atoms. The molecular formula is C16H22NO2+. The molecule has 0 radical (unpaired) electrons. The van der Waals surface area contributed by atoms with E-state index < -0.39 is 0 Å². The lowest BCUT2D eigenvalue weighted by atomic mass is 10.1. The van der Waals surface area contributed by atoms with E-state index in [1.807, 2.05) is 36.5 Å². The molecule has 0 unspecified atom stereocenters. The zero-order valence-corrected chi connectivity index (χ0v) is 11.5. The van der Waals surface area contributed by atoms with Crippen molar-refractivity contribution in [3.63, 3.8) is 0 Å². The molecule has 1 atom stereocenters. The first kappa shape index (κ1) is 13.8. The summed E-state index contributed by atoms with van der Waals surface area (Å²) >= 11 is 0. The maximum Gasteiger partial charge on any atom is 0.596 e. The van der Waals surface area contributed by atoms with Crippen molar-refractivity contribution in [2.45, 2.75) is 51.7 Å². The summed E-state index contributed by atoms with van der Waals surface area (Å²) in [7, 11) is 0. The fourth-order valence-corrected chi connectivity index (χ4v) is 2.43. The maximum absolute atomic E-state index is 12.1. The molecule has 102 valence electrons. The standard InChI is InChI=1S/C16H22NO2/c1-2-3-10-15-11-7-12-17(15)16(18)19-13-14-8-5-4-6-9-14/h4-6,8-9,12,15H,2-3,7,10-11,13H2,1H3/q+1/t15-/m1/s1. The number of ether oxygens (including phenoxy) is 1. The highest BCUT2D eigenvalue weighted by atomic mass is 16.5. The van der Waals surface area contributed by atoms with Crippen LogP contribution in [0.1, 0.15) is 44.6 Å². The van der Waals surface area contributed by atoms with Gasteiger partial charge in [-0.05, 0) is 12.0 Å². The Bertz CT molecular complexity index is 439. The zero-order chi connectivity index (χ0) is 13.5. The summed E-state index contributed by atoms with van der Waals surface area (Å²) in [5.41, 5.74) is 1.03. The van der Waals surface area contributed by atoms with Gasteiger partial charge in [0.2, 0.25) is 0 Å². The average Bonchev–Trinajstić information content (AvgIpc) is 2.92. The Morgan fingerprint density at radius 2 is 2.16 bits per heavy atom. The van der Waals surface area contributed by atoms with Crippen molar-refractivity contribution < 1.29 is 14.1 Å². The lowest BCUT2D eigenvalue weighted by Gasteiger charge is -2.08. The molecule has 0 fully saturated rings. The maximum atomic E-state index is 12.1. The predicted molar refractivity (Wildman–Crippen MR) is 75.5 cm³/mol. The molecule has 1 amide bonds. The molecule has 1 heterocycles. The zero-order valence-electron chi connectivity index (χ0n) is 11.5. The molecule has 0 bridgehead atoms. The van der Waals surface area contributed by atoms with Crippen molar-refractivity contribution >= 4 is 12.3 Å². The van der Waals surface area contributed by atoms with Crippen LogP contribution in [0.25, 0.3) is 0 Å². The lowest BCUT2D eigenvalue weighted by Crippen LogP contribution is -2.29. The predicted octanol–water partition coefficient (Wildman–Crippen LogP) is 3.76. The number of nitrogens with zero attached hydrogens (tertiary/aromatic N) is 1. The summed E-state index contributed by atoms with van der Waals surface area (Å²) in [5, 5.41) is 0. The van der Waals surface area contributed by atoms with Crippen LogP contribution in [0.2, 0.25) is 0 Å². The summed E-state index contributed by atoms with van der Waals surface area (Å²) in [6.07, 6.45) is 7.24.